The first-order valence-corrected chi connectivity index (χ1v) is 3.97. The summed E-state index contributed by atoms with van der Waals surface area (Å²) in [5, 5.41) is 2.75. The monoisotopic (exact) mass is 163 g/mol. The van der Waals surface area contributed by atoms with Gasteiger partial charge in [-0.05, 0) is 51.6 Å². The van der Waals surface area contributed by atoms with E-state index in [2.05, 4.69) is 5.32 Å². The Morgan fingerprint density at radius 3 is 1.10 bits per heavy atom. The van der Waals surface area contributed by atoms with Crippen molar-refractivity contribution < 1.29 is 0 Å². The highest BCUT2D eigenvalue weighted by Gasteiger charge is 2.37. The highest BCUT2D eigenvalue weighted by Crippen LogP contribution is 2.49. The predicted molar refractivity (Wildman–Crippen MR) is 47.7 cm³/mol. The van der Waals surface area contributed by atoms with E-state index in [9.17, 15) is 0 Å². The Bertz CT molecular complexity index is 67.3. The third-order valence-corrected chi connectivity index (χ3v) is 2.48. The second-order valence-corrected chi connectivity index (χ2v) is 3.17. The van der Waals surface area contributed by atoms with Gasteiger partial charge in [0.15, 0.2) is 0 Å². The molecule has 1 nitrogen and oxygen atoms in total. The number of fused-ring (bicyclic) bond motifs is 1. The van der Waals surface area contributed by atoms with E-state index < -0.39 is 0 Å². The standard InChI is InChI=1S/C6H10.C2H7N.ClH/c1-2-6-4-3-5(1)6;1-3-2;/h5-6H,1-4H2;3H,1-2H3;1H. The smallest absolute Gasteiger partial charge is 0.0167 e. The Kier molecular flexibility index (Phi) is 5.10. The fourth-order valence-corrected chi connectivity index (χ4v) is 1.56. The summed E-state index contributed by atoms with van der Waals surface area (Å²) in [7, 11) is 3.75. The Morgan fingerprint density at radius 2 is 1.10 bits per heavy atom. The number of rotatable bonds is 0. The molecular weight excluding hydrogens is 146 g/mol. The van der Waals surface area contributed by atoms with E-state index in [0.29, 0.717) is 0 Å². The van der Waals surface area contributed by atoms with Gasteiger partial charge in [-0.2, -0.15) is 0 Å². The average molecular weight is 164 g/mol. The van der Waals surface area contributed by atoms with Gasteiger partial charge in [-0.1, -0.05) is 0 Å². The maximum Gasteiger partial charge on any atom is -0.0167 e. The minimum Gasteiger partial charge on any atom is -0.323 e. The summed E-state index contributed by atoms with van der Waals surface area (Å²) in [6.45, 7) is 0. The van der Waals surface area contributed by atoms with Crippen molar-refractivity contribution in [3.8, 4) is 0 Å². The molecule has 0 unspecified atom stereocenters. The zero-order valence-corrected chi connectivity index (χ0v) is 7.71. The van der Waals surface area contributed by atoms with Crippen molar-refractivity contribution >= 4 is 12.4 Å². The Morgan fingerprint density at radius 1 is 0.900 bits per heavy atom. The van der Waals surface area contributed by atoms with Crippen LogP contribution in [0.25, 0.3) is 0 Å². The summed E-state index contributed by atoms with van der Waals surface area (Å²) >= 11 is 0. The van der Waals surface area contributed by atoms with Crippen LogP contribution in [0.15, 0.2) is 0 Å². The van der Waals surface area contributed by atoms with Crippen molar-refractivity contribution in [2.45, 2.75) is 25.7 Å². The van der Waals surface area contributed by atoms with Crippen LogP contribution < -0.4 is 5.32 Å². The lowest BCUT2D eigenvalue weighted by Crippen LogP contribution is -2.34. The molecule has 0 spiro atoms. The molecule has 0 atom stereocenters. The lowest BCUT2D eigenvalue weighted by atomic mass is 9.60. The number of halogens is 1. The highest BCUT2D eigenvalue weighted by atomic mass is 35.5. The molecule has 0 radical (unpaired) electrons. The van der Waals surface area contributed by atoms with Gasteiger partial charge < -0.3 is 5.32 Å². The molecule has 0 aromatic heterocycles. The van der Waals surface area contributed by atoms with Crippen molar-refractivity contribution in [3.63, 3.8) is 0 Å². The lowest BCUT2D eigenvalue weighted by molar-refractivity contribution is 0.0548. The molecule has 10 heavy (non-hydrogen) atoms. The van der Waals surface area contributed by atoms with Crippen molar-refractivity contribution in [2.75, 3.05) is 14.1 Å². The van der Waals surface area contributed by atoms with Gasteiger partial charge in [-0.3, -0.25) is 0 Å². The lowest BCUT2D eigenvalue weighted by Gasteiger charge is -2.46. The SMILES string of the molecule is C1CC2CCC12.CNC.Cl. The van der Waals surface area contributed by atoms with Crippen molar-refractivity contribution in [2.24, 2.45) is 11.8 Å². The molecule has 0 saturated heterocycles. The van der Waals surface area contributed by atoms with Gasteiger partial charge in [0.25, 0.3) is 0 Å². The van der Waals surface area contributed by atoms with Crippen LogP contribution in [0.3, 0.4) is 0 Å². The van der Waals surface area contributed by atoms with Crippen LogP contribution >= 0.6 is 12.4 Å². The van der Waals surface area contributed by atoms with E-state index in [1.54, 1.807) is 25.7 Å². The molecule has 0 aliphatic heterocycles. The van der Waals surface area contributed by atoms with Crippen LogP contribution in [0.4, 0.5) is 0 Å². The Balaban J connectivity index is 0.000000183. The third-order valence-electron chi connectivity index (χ3n) is 2.48. The molecule has 0 aromatic rings. The Labute approximate surface area is 70.0 Å². The summed E-state index contributed by atoms with van der Waals surface area (Å²) in [6, 6.07) is 0. The minimum atomic E-state index is 0. The van der Waals surface area contributed by atoms with Crippen LogP contribution in [-0.2, 0) is 0 Å². The average Bonchev–Trinajstić information content (AvgIpc) is 1.81. The second-order valence-electron chi connectivity index (χ2n) is 3.17. The van der Waals surface area contributed by atoms with Crippen LogP contribution in [0.2, 0.25) is 0 Å². The van der Waals surface area contributed by atoms with Crippen LogP contribution in [0, 0.1) is 11.8 Å². The molecule has 2 heteroatoms. The van der Waals surface area contributed by atoms with E-state index in [1.165, 1.54) is 11.8 Å². The van der Waals surface area contributed by atoms with E-state index in [1.807, 2.05) is 14.1 Å². The van der Waals surface area contributed by atoms with Gasteiger partial charge >= 0.3 is 0 Å². The molecule has 0 bridgehead atoms. The van der Waals surface area contributed by atoms with Gasteiger partial charge in [0, 0.05) is 0 Å². The zero-order chi connectivity index (χ0) is 6.69. The number of nitrogens with one attached hydrogen (secondary N) is 1. The Hall–Kier alpha value is 0.250. The molecule has 2 saturated carbocycles. The van der Waals surface area contributed by atoms with E-state index in [4.69, 9.17) is 0 Å². The largest absolute Gasteiger partial charge is 0.323 e. The van der Waals surface area contributed by atoms with Gasteiger partial charge in [0.1, 0.15) is 0 Å². The molecule has 62 valence electrons. The van der Waals surface area contributed by atoms with Crippen molar-refractivity contribution in [1.29, 1.82) is 0 Å². The first kappa shape index (κ1) is 10.2. The maximum atomic E-state index is 2.75. The molecule has 2 fully saturated rings. The van der Waals surface area contributed by atoms with Gasteiger partial charge in [0.05, 0.1) is 0 Å². The summed E-state index contributed by atoms with van der Waals surface area (Å²) in [4.78, 5) is 0. The van der Waals surface area contributed by atoms with Crippen LogP contribution in [0.1, 0.15) is 25.7 Å². The van der Waals surface area contributed by atoms with E-state index in [-0.39, 0.29) is 12.4 Å². The maximum absolute atomic E-state index is 2.75. The quantitative estimate of drug-likeness (QED) is 0.577. The van der Waals surface area contributed by atoms with Gasteiger partial charge in [0.2, 0.25) is 0 Å². The minimum absolute atomic E-state index is 0. The summed E-state index contributed by atoms with van der Waals surface area (Å²) in [5.41, 5.74) is 0. The normalized spacial score (nSPS) is 33.0. The fourth-order valence-electron chi connectivity index (χ4n) is 1.56. The fraction of sp³-hybridized carbons (Fsp3) is 1.00. The molecule has 2 rings (SSSR count). The first-order valence-electron chi connectivity index (χ1n) is 3.97. The van der Waals surface area contributed by atoms with Crippen LogP contribution in [0.5, 0.6) is 0 Å². The van der Waals surface area contributed by atoms with Gasteiger partial charge in [-0.15, -0.1) is 12.4 Å². The number of hydrogen-bond donors (Lipinski definition) is 1. The summed E-state index contributed by atoms with van der Waals surface area (Å²) in [6.07, 6.45) is 6.24. The summed E-state index contributed by atoms with van der Waals surface area (Å²) < 4.78 is 0. The molecule has 2 aliphatic carbocycles. The van der Waals surface area contributed by atoms with Crippen LogP contribution in [-0.4, -0.2) is 14.1 Å². The van der Waals surface area contributed by atoms with Gasteiger partial charge in [-0.25, -0.2) is 0 Å². The highest BCUT2D eigenvalue weighted by molar-refractivity contribution is 5.85. The van der Waals surface area contributed by atoms with E-state index in [0.717, 1.165) is 0 Å². The molecule has 0 aromatic carbocycles. The second kappa shape index (κ2) is 4.97. The van der Waals surface area contributed by atoms with Crippen molar-refractivity contribution in [1.82, 2.24) is 5.32 Å². The molecule has 0 amide bonds. The molecule has 0 heterocycles. The molecular formula is C8H18ClN. The topological polar surface area (TPSA) is 12.0 Å². The number of hydrogen-bond acceptors (Lipinski definition) is 1. The predicted octanol–water partition coefficient (Wildman–Crippen LogP) is 2.06. The first-order chi connectivity index (χ1) is 4.38. The third kappa shape index (κ3) is 2.14. The van der Waals surface area contributed by atoms with Crippen molar-refractivity contribution in [3.05, 3.63) is 0 Å². The summed E-state index contributed by atoms with van der Waals surface area (Å²) in [5.74, 6) is 2.43. The molecule has 2 aliphatic rings. The molecule has 1 N–H and O–H groups in total. The van der Waals surface area contributed by atoms with E-state index >= 15 is 0 Å². The zero-order valence-electron chi connectivity index (χ0n) is 6.89.